The first-order chi connectivity index (χ1) is 13.6. The van der Waals surface area contributed by atoms with Crippen LogP contribution in [0, 0.1) is 5.82 Å². The predicted molar refractivity (Wildman–Crippen MR) is 108 cm³/mol. The van der Waals surface area contributed by atoms with Crippen molar-refractivity contribution in [1.82, 2.24) is 19.9 Å². The summed E-state index contributed by atoms with van der Waals surface area (Å²) in [6, 6.07) is 10.4. The van der Waals surface area contributed by atoms with Crippen molar-refractivity contribution in [3.63, 3.8) is 0 Å². The summed E-state index contributed by atoms with van der Waals surface area (Å²) in [5, 5.41) is 3.14. The van der Waals surface area contributed by atoms with E-state index in [4.69, 9.17) is 5.73 Å². The summed E-state index contributed by atoms with van der Waals surface area (Å²) in [4.78, 5) is 15.9. The molecule has 7 heteroatoms. The second kappa shape index (κ2) is 7.48. The molecular weight excluding hydrogens is 355 g/mol. The van der Waals surface area contributed by atoms with Crippen molar-refractivity contribution < 1.29 is 4.39 Å². The Morgan fingerprint density at radius 1 is 1.11 bits per heavy atom. The number of anilines is 3. The summed E-state index contributed by atoms with van der Waals surface area (Å²) in [6.07, 6.45) is 8.58. The molecule has 0 radical (unpaired) electrons. The number of nitrogens with one attached hydrogen (secondary N) is 2. The maximum absolute atomic E-state index is 13.3. The van der Waals surface area contributed by atoms with Crippen molar-refractivity contribution in [1.29, 1.82) is 0 Å². The normalized spacial score (nSPS) is 11.9. The van der Waals surface area contributed by atoms with E-state index in [9.17, 15) is 4.39 Å². The lowest BCUT2D eigenvalue weighted by atomic mass is 9.88. The molecule has 0 aliphatic rings. The van der Waals surface area contributed by atoms with Gasteiger partial charge in [-0.1, -0.05) is 19.1 Å². The van der Waals surface area contributed by atoms with Gasteiger partial charge in [0.2, 0.25) is 0 Å². The highest BCUT2D eigenvalue weighted by atomic mass is 19.1. The fourth-order valence-electron chi connectivity index (χ4n) is 3.24. The maximum atomic E-state index is 13.3. The Bertz CT molecular complexity index is 1060. The number of aromatic amines is 1. The Hall–Kier alpha value is -3.74. The lowest BCUT2D eigenvalue weighted by Crippen LogP contribution is -2.08. The predicted octanol–water partition coefficient (Wildman–Crippen LogP) is 4.48. The van der Waals surface area contributed by atoms with Crippen LogP contribution in [0.3, 0.4) is 0 Å². The summed E-state index contributed by atoms with van der Waals surface area (Å²) in [5.74, 6) is 1.22. The Morgan fingerprint density at radius 3 is 2.61 bits per heavy atom. The van der Waals surface area contributed by atoms with Crippen molar-refractivity contribution >= 4 is 17.5 Å². The molecule has 1 atom stereocenters. The van der Waals surface area contributed by atoms with E-state index in [0.717, 1.165) is 22.3 Å². The van der Waals surface area contributed by atoms with Gasteiger partial charge in [-0.15, -0.1) is 0 Å². The molecule has 4 rings (SSSR count). The van der Waals surface area contributed by atoms with E-state index in [-0.39, 0.29) is 11.7 Å². The van der Waals surface area contributed by atoms with Crippen molar-refractivity contribution in [2.24, 2.45) is 0 Å². The first kappa shape index (κ1) is 17.7. The van der Waals surface area contributed by atoms with Gasteiger partial charge in [-0.05, 0) is 41.0 Å². The molecular formula is C21H19FN6. The molecule has 0 aliphatic heterocycles. The lowest BCUT2D eigenvalue weighted by Gasteiger charge is -2.20. The van der Waals surface area contributed by atoms with E-state index in [2.05, 4.69) is 25.3 Å². The topological polar surface area (TPSA) is 92.5 Å². The van der Waals surface area contributed by atoms with Gasteiger partial charge in [0.1, 0.15) is 23.3 Å². The zero-order valence-corrected chi connectivity index (χ0v) is 15.2. The van der Waals surface area contributed by atoms with Crippen LogP contribution in [0.25, 0.3) is 11.1 Å². The maximum Gasteiger partial charge on any atom is 0.150 e. The van der Waals surface area contributed by atoms with Crippen molar-refractivity contribution in [2.75, 3.05) is 11.1 Å². The lowest BCUT2D eigenvalue weighted by molar-refractivity contribution is 0.626. The highest BCUT2D eigenvalue weighted by Crippen LogP contribution is 2.38. The van der Waals surface area contributed by atoms with Crippen LogP contribution in [0.15, 0.2) is 67.4 Å². The number of nitrogens with zero attached hydrogens (tertiary/aromatic N) is 3. The van der Waals surface area contributed by atoms with Crippen LogP contribution in [0.5, 0.6) is 0 Å². The van der Waals surface area contributed by atoms with Crippen LogP contribution >= 0.6 is 0 Å². The second-order valence-corrected chi connectivity index (χ2v) is 6.44. The van der Waals surface area contributed by atoms with Gasteiger partial charge in [0, 0.05) is 36.3 Å². The molecule has 1 aromatic carbocycles. The molecule has 0 fully saturated rings. The van der Waals surface area contributed by atoms with Gasteiger partial charge >= 0.3 is 0 Å². The minimum Gasteiger partial charge on any atom is -0.383 e. The molecule has 0 saturated carbocycles. The molecule has 0 bridgehead atoms. The van der Waals surface area contributed by atoms with E-state index in [1.54, 1.807) is 30.7 Å². The van der Waals surface area contributed by atoms with E-state index < -0.39 is 0 Å². The average molecular weight is 374 g/mol. The van der Waals surface area contributed by atoms with Crippen LogP contribution in [0.2, 0.25) is 0 Å². The second-order valence-electron chi connectivity index (χ2n) is 6.44. The standard InChI is InChI=1S/C21H19FN6/c1-13(14-2-4-16(22)5-3-14)20-17(15-6-7-24-11-15)10-18(28-21(20)23)27-19-12-25-8-9-26-19/h2-13,24H,1H3,(H3,23,26,27,28). The Morgan fingerprint density at radius 2 is 1.93 bits per heavy atom. The first-order valence-electron chi connectivity index (χ1n) is 8.84. The molecule has 0 saturated heterocycles. The molecule has 0 amide bonds. The van der Waals surface area contributed by atoms with Crippen molar-refractivity contribution in [3.05, 3.63) is 84.3 Å². The third kappa shape index (κ3) is 3.55. The Kier molecular flexibility index (Phi) is 4.72. The number of nitrogen functional groups attached to an aromatic ring is 1. The third-order valence-corrected chi connectivity index (χ3v) is 4.62. The molecule has 4 N–H and O–H groups in total. The summed E-state index contributed by atoms with van der Waals surface area (Å²) >= 11 is 0. The number of halogens is 1. The molecule has 1 unspecified atom stereocenters. The van der Waals surface area contributed by atoms with E-state index in [1.807, 2.05) is 31.5 Å². The van der Waals surface area contributed by atoms with Gasteiger partial charge in [0.15, 0.2) is 0 Å². The van der Waals surface area contributed by atoms with E-state index in [0.29, 0.717) is 17.5 Å². The SMILES string of the molecule is CC(c1ccc(F)cc1)c1c(-c2cc[nH]c2)cc(Nc2cnccn2)nc1N. The molecule has 140 valence electrons. The number of nitrogens with two attached hydrogens (primary N) is 1. The first-order valence-corrected chi connectivity index (χ1v) is 8.84. The van der Waals surface area contributed by atoms with Crippen LogP contribution < -0.4 is 11.1 Å². The van der Waals surface area contributed by atoms with Gasteiger partial charge in [-0.25, -0.2) is 14.4 Å². The zero-order chi connectivity index (χ0) is 19.5. The quantitative estimate of drug-likeness (QED) is 0.479. The van der Waals surface area contributed by atoms with E-state index in [1.165, 1.54) is 12.1 Å². The number of hydrogen-bond acceptors (Lipinski definition) is 5. The smallest absolute Gasteiger partial charge is 0.150 e. The number of aromatic nitrogens is 4. The third-order valence-electron chi connectivity index (χ3n) is 4.62. The molecule has 4 aromatic rings. The van der Waals surface area contributed by atoms with Crippen molar-refractivity contribution in [3.8, 4) is 11.1 Å². The molecule has 0 spiro atoms. The molecule has 3 aromatic heterocycles. The highest BCUT2D eigenvalue weighted by Gasteiger charge is 2.20. The fraction of sp³-hybridized carbons (Fsp3) is 0.0952. The number of benzene rings is 1. The van der Waals surface area contributed by atoms with Gasteiger partial charge in [0.05, 0.1) is 6.20 Å². The van der Waals surface area contributed by atoms with Gasteiger partial charge in [0.25, 0.3) is 0 Å². The van der Waals surface area contributed by atoms with Gasteiger partial charge < -0.3 is 16.0 Å². The molecule has 28 heavy (non-hydrogen) atoms. The molecule has 6 nitrogen and oxygen atoms in total. The summed E-state index contributed by atoms with van der Waals surface area (Å²) < 4.78 is 13.3. The number of rotatable bonds is 5. The van der Waals surface area contributed by atoms with Crippen LogP contribution in [-0.4, -0.2) is 19.9 Å². The number of H-pyrrole nitrogens is 1. The van der Waals surface area contributed by atoms with Crippen LogP contribution in [0.4, 0.5) is 21.8 Å². The monoisotopic (exact) mass is 374 g/mol. The highest BCUT2D eigenvalue weighted by molar-refractivity contribution is 5.77. The minimum atomic E-state index is -0.267. The molecule has 3 heterocycles. The van der Waals surface area contributed by atoms with Gasteiger partial charge in [-0.2, -0.15) is 0 Å². The zero-order valence-electron chi connectivity index (χ0n) is 15.2. The van der Waals surface area contributed by atoms with E-state index >= 15 is 0 Å². The van der Waals surface area contributed by atoms with Crippen molar-refractivity contribution in [2.45, 2.75) is 12.8 Å². The Balaban J connectivity index is 1.80. The summed E-state index contributed by atoms with van der Waals surface area (Å²) in [5.41, 5.74) is 10.2. The summed E-state index contributed by atoms with van der Waals surface area (Å²) in [6.45, 7) is 2.03. The largest absolute Gasteiger partial charge is 0.383 e. The Labute approximate surface area is 161 Å². The number of pyridine rings is 1. The molecule has 0 aliphatic carbocycles. The minimum absolute atomic E-state index is 0.0661. The summed E-state index contributed by atoms with van der Waals surface area (Å²) in [7, 11) is 0. The van der Waals surface area contributed by atoms with Gasteiger partial charge in [-0.3, -0.25) is 4.98 Å². The fourth-order valence-corrected chi connectivity index (χ4v) is 3.24. The number of hydrogen-bond donors (Lipinski definition) is 3. The van der Waals surface area contributed by atoms with Crippen LogP contribution in [-0.2, 0) is 0 Å². The average Bonchev–Trinajstić information content (AvgIpc) is 3.23. The van der Waals surface area contributed by atoms with Crippen LogP contribution in [0.1, 0.15) is 24.0 Å².